The maximum absolute atomic E-state index is 12.1. The number of fused-ring (bicyclic) bond motifs is 6. The van der Waals surface area contributed by atoms with Crippen LogP contribution in [0.3, 0.4) is 0 Å². The second kappa shape index (κ2) is 5.10. The van der Waals surface area contributed by atoms with E-state index in [0.717, 1.165) is 19.5 Å². The van der Waals surface area contributed by atoms with Gasteiger partial charge in [0.1, 0.15) is 6.04 Å². The summed E-state index contributed by atoms with van der Waals surface area (Å²) in [6, 6.07) is 8.69. The van der Waals surface area contributed by atoms with E-state index >= 15 is 0 Å². The normalized spacial score (nSPS) is 38.2. The van der Waals surface area contributed by atoms with Crippen molar-refractivity contribution in [3.05, 3.63) is 34.2 Å². The molecule has 110 valence electrons. The molecular formula is C16H18IN3O. The van der Waals surface area contributed by atoms with Crippen LogP contribution in [0.25, 0.3) is 0 Å². The minimum Gasteiger partial charge on any atom is -0.312 e. The van der Waals surface area contributed by atoms with Gasteiger partial charge in [0.05, 0.1) is 6.07 Å². The van der Waals surface area contributed by atoms with E-state index < -0.39 is 0 Å². The van der Waals surface area contributed by atoms with Crippen LogP contribution >= 0.6 is 22.6 Å². The predicted molar refractivity (Wildman–Crippen MR) is 88.5 cm³/mol. The van der Waals surface area contributed by atoms with Crippen molar-refractivity contribution >= 4 is 22.6 Å². The van der Waals surface area contributed by atoms with Crippen molar-refractivity contribution in [3.63, 3.8) is 0 Å². The molecule has 0 N–H and O–H groups in total. The van der Waals surface area contributed by atoms with Gasteiger partial charge in [-0.15, -0.1) is 0 Å². The molecule has 3 aliphatic rings. The Morgan fingerprint density at radius 1 is 1.29 bits per heavy atom. The van der Waals surface area contributed by atoms with Gasteiger partial charge in [-0.1, -0.05) is 28.7 Å². The lowest BCUT2D eigenvalue weighted by molar-refractivity contribution is 0.00864. The first-order valence-corrected chi connectivity index (χ1v) is 8.93. The molecule has 0 amide bonds. The third-order valence-electron chi connectivity index (χ3n) is 5.48. The number of aromatic nitrogens is 1. The number of nitriles is 1. The molecular weight excluding hydrogens is 377 g/mol. The minimum absolute atomic E-state index is 0.0386. The van der Waals surface area contributed by atoms with Crippen molar-refractivity contribution in [3.8, 4) is 6.07 Å². The fraction of sp³-hybridized carbons (Fsp3) is 0.625. The van der Waals surface area contributed by atoms with E-state index in [2.05, 4.69) is 39.6 Å². The van der Waals surface area contributed by atoms with Gasteiger partial charge in [0.15, 0.2) is 0 Å². The van der Waals surface area contributed by atoms with Gasteiger partial charge in [0.2, 0.25) is 0 Å². The standard InChI is InChI=1S/C16H18IN3O/c17-12-4-5-14-11-6-10(8-19(14)15(12)7-18)13-2-1-3-16(21)20(13)9-11/h1-3,10-12,14-15H,4-6,8-9H2/t10-,11-,12-,14-,15+/m0/s1. The summed E-state index contributed by atoms with van der Waals surface area (Å²) in [4.78, 5) is 14.6. The quantitative estimate of drug-likeness (QED) is 0.500. The number of hydrogen-bond donors (Lipinski definition) is 0. The number of piperidine rings is 2. The van der Waals surface area contributed by atoms with Gasteiger partial charge in [-0.2, -0.15) is 5.26 Å². The Labute approximate surface area is 137 Å². The van der Waals surface area contributed by atoms with Gasteiger partial charge in [-0.05, 0) is 31.2 Å². The summed E-state index contributed by atoms with van der Waals surface area (Å²) in [5, 5.41) is 9.55. The molecule has 3 aliphatic heterocycles. The van der Waals surface area contributed by atoms with Crippen molar-refractivity contribution in [1.82, 2.24) is 9.47 Å². The molecule has 0 aromatic carbocycles. The highest BCUT2D eigenvalue weighted by atomic mass is 127. The smallest absolute Gasteiger partial charge is 0.250 e. The molecule has 0 spiro atoms. The average Bonchev–Trinajstić information content (AvgIpc) is 2.48. The largest absolute Gasteiger partial charge is 0.312 e. The fourth-order valence-electron chi connectivity index (χ4n) is 4.56. The van der Waals surface area contributed by atoms with Crippen molar-refractivity contribution in [2.75, 3.05) is 6.54 Å². The summed E-state index contributed by atoms with van der Waals surface area (Å²) in [6.07, 6.45) is 3.46. The highest BCUT2D eigenvalue weighted by molar-refractivity contribution is 14.1. The number of alkyl halides is 1. The zero-order valence-corrected chi connectivity index (χ0v) is 13.9. The maximum atomic E-state index is 12.1. The molecule has 21 heavy (non-hydrogen) atoms. The zero-order chi connectivity index (χ0) is 14.6. The molecule has 0 radical (unpaired) electrons. The van der Waals surface area contributed by atoms with Gasteiger partial charge in [0, 0.05) is 40.7 Å². The molecule has 0 aliphatic carbocycles. The molecule has 4 rings (SSSR count). The van der Waals surface area contributed by atoms with Crippen LogP contribution < -0.4 is 5.56 Å². The Bertz CT molecular complexity index is 664. The molecule has 1 aromatic heterocycles. The molecule has 2 saturated heterocycles. The van der Waals surface area contributed by atoms with Crippen LogP contribution in [0.5, 0.6) is 0 Å². The van der Waals surface area contributed by atoms with E-state index in [-0.39, 0.29) is 11.6 Å². The van der Waals surface area contributed by atoms with Crippen LogP contribution in [-0.4, -0.2) is 32.0 Å². The Morgan fingerprint density at radius 2 is 2.14 bits per heavy atom. The Hall–Kier alpha value is -0.870. The summed E-state index contributed by atoms with van der Waals surface area (Å²) < 4.78 is 2.41. The van der Waals surface area contributed by atoms with E-state index in [9.17, 15) is 10.1 Å². The lowest BCUT2D eigenvalue weighted by Crippen LogP contribution is -2.60. The van der Waals surface area contributed by atoms with Crippen molar-refractivity contribution in [2.45, 2.75) is 47.7 Å². The lowest BCUT2D eigenvalue weighted by atomic mass is 9.74. The zero-order valence-electron chi connectivity index (χ0n) is 11.8. The van der Waals surface area contributed by atoms with Crippen LogP contribution in [-0.2, 0) is 6.54 Å². The second-order valence-corrected chi connectivity index (χ2v) is 8.12. The summed E-state index contributed by atoms with van der Waals surface area (Å²) in [6.45, 7) is 1.76. The first-order chi connectivity index (χ1) is 10.2. The summed E-state index contributed by atoms with van der Waals surface area (Å²) in [7, 11) is 0. The number of halogens is 1. The number of pyridine rings is 1. The molecule has 5 atom stereocenters. The van der Waals surface area contributed by atoms with Crippen LogP contribution in [0.4, 0.5) is 0 Å². The number of hydrogen-bond acceptors (Lipinski definition) is 3. The minimum atomic E-state index is 0.0386. The van der Waals surface area contributed by atoms with E-state index in [4.69, 9.17) is 0 Å². The predicted octanol–water partition coefficient (Wildman–Crippen LogP) is 2.13. The summed E-state index contributed by atoms with van der Waals surface area (Å²) in [5.74, 6) is 0.933. The number of rotatable bonds is 0. The molecule has 2 fully saturated rings. The SMILES string of the molecule is N#C[C@@H]1[C@@H](I)CC[C@H]2[C@H]3C[C@@H](CN12)c1cccc(=O)n1C3. The molecule has 0 saturated carbocycles. The highest BCUT2D eigenvalue weighted by Gasteiger charge is 2.47. The third-order valence-corrected chi connectivity index (χ3v) is 6.78. The van der Waals surface area contributed by atoms with Crippen molar-refractivity contribution in [1.29, 1.82) is 5.26 Å². The van der Waals surface area contributed by atoms with Gasteiger partial charge >= 0.3 is 0 Å². The second-order valence-electron chi connectivity index (χ2n) is 6.52. The van der Waals surface area contributed by atoms with E-state index in [1.807, 2.05) is 10.6 Å². The Balaban J connectivity index is 1.75. The van der Waals surface area contributed by atoms with Crippen molar-refractivity contribution < 1.29 is 0 Å². The summed E-state index contributed by atoms with van der Waals surface area (Å²) >= 11 is 2.44. The van der Waals surface area contributed by atoms with E-state index in [1.165, 1.54) is 18.5 Å². The van der Waals surface area contributed by atoms with E-state index in [1.54, 1.807) is 6.07 Å². The molecule has 0 unspecified atom stereocenters. The monoisotopic (exact) mass is 395 g/mol. The lowest BCUT2D eigenvalue weighted by Gasteiger charge is -2.53. The molecule has 1 aromatic rings. The molecule has 5 heteroatoms. The average molecular weight is 395 g/mol. The first kappa shape index (κ1) is 13.8. The first-order valence-electron chi connectivity index (χ1n) is 7.68. The van der Waals surface area contributed by atoms with Crippen LogP contribution in [0, 0.1) is 17.2 Å². The van der Waals surface area contributed by atoms with Crippen LogP contribution in [0.2, 0.25) is 0 Å². The maximum Gasteiger partial charge on any atom is 0.250 e. The van der Waals surface area contributed by atoms with Crippen molar-refractivity contribution in [2.24, 2.45) is 5.92 Å². The highest BCUT2D eigenvalue weighted by Crippen LogP contribution is 2.44. The topological polar surface area (TPSA) is 49.0 Å². The van der Waals surface area contributed by atoms with E-state index in [0.29, 0.717) is 21.8 Å². The van der Waals surface area contributed by atoms with Crippen LogP contribution in [0.15, 0.2) is 23.0 Å². The Kier molecular flexibility index (Phi) is 3.34. The fourth-order valence-corrected chi connectivity index (χ4v) is 5.50. The third kappa shape index (κ3) is 2.07. The summed E-state index contributed by atoms with van der Waals surface area (Å²) in [5.41, 5.74) is 1.31. The van der Waals surface area contributed by atoms with Crippen LogP contribution in [0.1, 0.15) is 30.9 Å². The molecule has 4 nitrogen and oxygen atoms in total. The Morgan fingerprint density at radius 3 is 2.95 bits per heavy atom. The molecule has 2 bridgehead atoms. The number of nitrogens with zero attached hydrogens (tertiary/aromatic N) is 3. The van der Waals surface area contributed by atoms with Gasteiger partial charge < -0.3 is 4.57 Å². The van der Waals surface area contributed by atoms with Gasteiger partial charge in [0.25, 0.3) is 5.56 Å². The van der Waals surface area contributed by atoms with Gasteiger partial charge in [-0.3, -0.25) is 9.69 Å². The van der Waals surface area contributed by atoms with Gasteiger partial charge in [-0.25, -0.2) is 0 Å². The molecule has 4 heterocycles.